The van der Waals surface area contributed by atoms with Gasteiger partial charge in [0, 0.05) is 12.6 Å². The molecule has 2 heteroatoms. The summed E-state index contributed by atoms with van der Waals surface area (Å²) in [6.07, 6.45) is 19.7. The van der Waals surface area contributed by atoms with Crippen LogP contribution in [0.4, 0.5) is 0 Å². The molecule has 1 heterocycles. The summed E-state index contributed by atoms with van der Waals surface area (Å²) in [7, 11) is 0. The molecule has 0 saturated heterocycles. The number of rotatable bonds is 13. The van der Waals surface area contributed by atoms with E-state index in [9.17, 15) is 0 Å². The van der Waals surface area contributed by atoms with E-state index in [2.05, 4.69) is 18.8 Å². The van der Waals surface area contributed by atoms with Crippen molar-refractivity contribution in [2.45, 2.75) is 90.4 Å². The topological polar surface area (TPSA) is 21.3 Å². The van der Waals surface area contributed by atoms with Crippen molar-refractivity contribution in [2.24, 2.45) is 0 Å². The molecule has 0 aliphatic carbocycles. The SMILES string of the molecule is C=C1NC=C(CCCCCCCCCCCCCC)O1. The Hall–Kier alpha value is -0.920. The van der Waals surface area contributed by atoms with Crippen molar-refractivity contribution in [3.63, 3.8) is 0 Å². The van der Waals surface area contributed by atoms with Gasteiger partial charge in [-0.25, -0.2) is 0 Å². The van der Waals surface area contributed by atoms with E-state index < -0.39 is 0 Å². The normalized spacial score (nSPS) is 14.1. The minimum atomic E-state index is 0.666. The molecule has 0 bridgehead atoms. The van der Waals surface area contributed by atoms with Gasteiger partial charge in [-0.3, -0.25) is 0 Å². The van der Waals surface area contributed by atoms with Crippen LogP contribution in [0.15, 0.2) is 24.4 Å². The molecule has 116 valence electrons. The van der Waals surface area contributed by atoms with Gasteiger partial charge in [-0.1, -0.05) is 77.6 Å². The highest BCUT2D eigenvalue weighted by Crippen LogP contribution is 2.18. The van der Waals surface area contributed by atoms with Crippen LogP contribution in [0.5, 0.6) is 0 Å². The lowest BCUT2D eigenvalue weighted by Crippen LogP contribution is -1.95. The van der Waals surface area contributed by atoms with Crippen molar-refractivity contribution in [1.82, 2.24) is 5.32 Å². The molecule has 0 aromatic heterocycles. The molecule has 0 spiro atoms. The van der Waals surface area contributed by atoms with E-state index in [4.69, 9.17) is 4.74 Å². The minimum absolute atomic E-state index is 0.666. The Morgan fingerprint density at radius 2 is 1.35 bits per heavy atom. The molecule has 1 rings (SSSR count). The van der Waals surface area contributed by atoms with Crippen LogP contribution in [-0.4, -0.2) is 0 Å². The van der Waals surface area contributed by atoms with E-state index in [1.165, 1.54) is 77.0 Å². The largest absolute Gasteiger partial charge is 0.445 e. The lowest BCUT2D eigenvalue weighted by Gasteiger charge is -2.04. The smallest absolute Gasteiger partial charge is 0.189 e. The van der Waals surface area contributed by atoms with Gasteiger partial charge in [0.15, 0.2) is 5.88 Å². The fourth-order valence-electron chi connectivity index (χ4n) is 2.64. The third-order valence-electron chi connectivity index (χ3n) is 3.93. The number of hydrogen-bond donors (Lipinski definition) is 1. The van der Waals surface area contributed by atoms with Gasteiger partial charge in [0.1, 0.15) is 5.76 Å². The van der Waals surface area contributed by atoms with Crippen molar-refractivity contribution in [3.05, 3.63) is 24.4 Å². The number of unbranched alkanes of at least 4 members (excludes halogenated alkanes) is 11. The lowest BCUT2D eigenvalue weighted by molar-refractivity contribution is 0.300. The zero-order chi connectivity index (χ0) is 14.5. The van der Waals surface area contributed by atoms with Gasteiger partial charge < -0.3 is 10.1 Å². The van der Waals surface area contributed by atoms with E-state index in [0.717, 1.165) is 12.2 Å². The summed E-state index contributed by atoms with van der Waals surface area (Å²) in [5.74, 6) is 1.71. The average Bonchev–Trinajstić information content (AvgIpc) is 2.86. The monoisotopic (exact) mass is 279 g/mol. The van der Waals surface area contributed by atoms with Crippen LogP contribution in [0.25, 0.3) is 0 Å². The molecule has 0 amide bonds. The molecule has 0 radical (unpaired) electrons. The van der Waals surface area contributed by atoms with E-state index >= 15 is 0 Å². The third kappa shape index (κ3) is 9.06. The Kier molecular flexibility index (Phi) is 10.2. The van der Waals surface area contributed by atoms with Crippen LogP contribution < -0.4 is 5.32 Å². The summed E-state index contributed by atoms with van der Waals surface area (Å²) in [5, 5.41) is 2.98. The lowest BCUT2D eigenvalue weighted by atomic mass is 10.0. The van der Waals surface area contributed by atoms with Gasteiger partial charge in [-0.15, -0.1) is 0 Å². The van der Waals surface area contributed by atoms with Crippen LogP contribution in [0.1, 0.15) is 90.4 Å². The highest BCUT2D eigenvalue weighted by Gasteiger charge is 2.07. The Bertz CT molecular complexity index is 283. The second-order valence-corrected chi connectivity index (χ2v) is 5.92. The maximum absolute atomic E-state index is 5.42. The van der Waals surface area contributed by atoms with Crippen molar-refractivity contribution < 1.29 is 4.74 Å². The van der Waals surface area contributed by atoms with Crippen molar-refractivity contribution >= 4 is 0 Å². The Labute approximate surface area is 125 Å². The highest BCUT2D eigenvalue weighted by molar-refractivity contribution is 5.06. The summed E-state index contributed by atoms with van der Waals surface area (Å²) in [5.41, 5.74) is 0. The molecule has 1 N–H and O–H groups in total. The predicted octanol–water partition coefficient (Wildman–Crippen LogP) is 6.01. The summed E-state index contributed by atoms with van der Waals surface area (Å²) < 4.78 is 5.42. The Morgan fingerprint density at radius 1 is 0.850 bits per heavy atom. The second kappa shape index (κ2) is 11.9. The first-order valence-corrected chi connectivity index (χ1v) is 8.65. The first kappa shape index (κ1) is 17.1. The fourth-order valence-corrected chi connectivity index (χ4v) is 2.64. The molecular formula is C18H33NO. The van der Waals surface area contributed by atoms with Crippen LogP contribution in [0, 0.1) is 0 Å². The van der Waals surface area contributed by atoms with Crippen LogP contribution >= 0.6 is 0 Å². The molecule has 0 saturated carbocycles. The zero-order valence-corrected chi connectivity index (χ0v) is 13.4. The number of allylic oxidation sites excluding steroid dienone is 1. The first-order valence-electron chi connectivity index (χ1n) is 8.65. The number of hydrogen-bond acceptors (Lipinski definition) is 2. The standard InChI is InChI=1S/C18H33NO/c1-3-4-5-6-7-8-9-10-11-12-13-14-15-18-16-19-17(2)20-18/h16,19H,2-15H2,1H3. The van der Waals surface area contributed by atoms with Crippen molar-refractivity contribution in [2.75, 3.05) is 0 Å². The molecule has 0 unspecified atom stereocenters. The zero-order valence-electron chi connectivity index (χ0n) is 13.4. The Morgan fingerprint density at radius 3 is 1.80 bits per heavy atom. The summed E-state index contributed by atoms with van der Waals surface area (Å²) in [6, 6.07) is 0. The molecule has 1 aliphatic heterocycles. The van der Waals surface area contributed by atoms with E-state index in [-0.39, 0.29) is 0 Å². The quantitative estimate of drug-likeness (QED) is 0.417. The van der Waals surface area contributed by atoms with Gasteiger partial charge in [-0.05, 0) is 13.0 Å². The number of ether oxygens (including phenoxy) is 1. The first-order chi connectivity index (χ1) is 9.83. The molecule has 1 aliphatic rings. The van der Waals surface area contributed by atoms with Gasteiger partial charge in [0.25, 0.3) is 0 Å². The molecule has 20 heavy (non-hydrogen) atoms. The molecule has 0 aromatic carbocycles. The van der Waals surface area contributed by atoms with Crippen LogP contribution in [0.2, 0.25) is 0 Å². The van der Waals surface area contributed by atoms with Gasteiger partial charge >= 0.3 is 0 Å². The van der Waals surface area contributed by atoms with Crippen LogP contribution in [0.3, 0.4) is 0 Å². The molecule has 0 atom stereocenters. The molecular weight excluding hydrogens is 246 g/mol. The van der Waals surface area contributed by atoms with Gasteiger partial charge in [-0.2, -0.15) is 0 Å². The van der Waals surface area contributed by atoms with Gasteiger partial charge in [0.05, 0.1) is 0 Å². The molecule has 0 aromatic rings. The summed E-state index contributed by atoms with van der Waals surface area (Å²) in [4.78, 5) is 0. The third-order valence-corrected chi connectivity index (χ3v) is 3.93. The average molecular weight is 279 g/mol. The van der Waals surface area contributed by atoms with E-state index in [0.29, 0.717) is 5.88 Å². The maximum Gasteiger partial charge on any atom is 0.189 e. The highest BCUT2D eigenvalue weighted by atomic mass is 16.5. The Balaban J connectivity index is 1.73. The van der Waals surface area contributed by atoms with E-state index in [1.54, 1.807) is 0 Å². The minimum Gasteiger partial charge on any atom is -0.445 e. The van der Waals surface area contributed by atoms with Crippen molar-refractivity contribution in [3.8, 4) is 0 Å². The fraction of sp³-hybridized carbons (Fsp3) is 0.778. The second-order valence-electron chi connectivity index (χ2n) is 5.92. The molecule has 2 nitrogen and oxygen atoms in total. The number of nitrogens with one attached hydrogen (secondary N) is 1. The van der Waals surface area contributed by atoms with Crippen molar-refractivity contribution in [1.29, 1.82) is 0 Å². The molecule has 0 fully saturated rings. The summed E-state index contributed by atoms with van der Waals surface area (Å²) >= 11 is 0. The predicted molar refractivity (Wildman–Crippen MR) is 87.1 cm³/mol. The van der Waals surface area contributed by atoms with Crippen LogP contribution in [-0.2, 0) is 4.74 Å². The van der Waals surface area contributed by atoms with E-state index in [1.807, 2.05) is 6.20 Å². The summed E-state index contributed by atoms with van der Waals surface area (Å²) in [6.45, 7) is 6.01. The van der Waals surface area contributed by atoms with Gasteiger partial charge in [0.2, 0.25) is 0 Å². The maximum atomic E-state index is 5.42.